The first-order valence-electron chi connectivity index (χ1n) is 36.3. The second-order valence-corrected chi connectivity index (χ2v) is 26.7. The van der Waals surface area contributed by atoms with Crippen LogP contribution in [0.1, 0.15) is 309 Å². The van der Waals surface area contributed by atoms with Crippen molar-refractivity contribution in [3.63, 3.8) is 0 Å². The van der Waals surface area contributed by atoms with E-state index in [-0.39, 0.29) is 32.0 Å². The number of likely N-dealkylation sites (N-methyl/N-ethyl adjacent to an activating group) is 1. The van der Waals surface area contributed by atoms with Gasteiger partial charge in [0.15, 0.2) is 6.10 Å². The Morgan fingerprint density at radius 2 is 0.614 bits per heavy atom. The molecule has 0 aliphatic heterocycles. The van der Waals surface area contributed by atoms with Crippen LogP contribution in [0, 0.1) is 0 Å². The van der Waals surface area contributed by atoms with E-state index >= 15 is 0 Å². The van der Waals surface area contributed by atoms with Crippen molar-refractivity contribution in [3.8, 4) is 0 Å². The van der Waals surface area contributed by atoms with Gasteiger partial charge in [0.2, 0.25) is 0 Å². The van der Waals surface area contributed by atoms with E-state index in [4.69, 9.17) is 18.5 Å². The molecule has 9 nitrogen and oxygen atoms in total. The second kappa shape index (κ2) is 67.8. The number of carbonyl (C=O) groups excluding carboxylic acids is 2. The van der Waals surface area contributed by atoms with Gasteiger partial charge in [-0.05, 0) is 103 Å². The molecule has 0 amide bonds. The predicted octanol–water partition coefficient (Wildman–Crippen LogP) is 23.8. The predicted molar refractivity (Wildman–Crippen MR) is 381 cm³/mol. The van der Waals surface area contributed by atoms with Gasteiger partial charge >= 0.3 is 19.8 Å². The Morgan fingerprint density at radius 1 is 0.352 bits per heavy atom. The third kappa shape index (κ3) is 71.5. The van der Waals surface area contributed by atoms with E-state index < -0.39 is 26.5 Å². The molecular formula is C78H137NO8P+. The average Bonchev–Trinajstić information content (AvgIpc) is 3.57. The van der Waals surface area contributed by atoms with Gasteiger partial charge < -0.3 is 18.9 Å². The quantitative estimate of drug-likeness (QED) is 0.0211. The lowest BCUT2D eigenvalue weighted by atomic mass is 10.0. The van der Waals surface area contributed by atoms with Crippen LogP contribution in [0.2, 0.25) is 0 Å². The zero-order valence-electron chi connectivity index (χ0n) is 57.7. The number of nitrogens with zero attached hydrogens (tertiary/aromatic N) is 1. The zero-order valence-corrected chi connectivity index (χ0v) is 58.6. The van der Waals surface area contributed by atoms with E-state index in [1.54, 1.807) is 0 Å². The molecule has 0 spiro atoms. The van der Waals surface area contributed by atoms with Crippen molar-refractivity contribution in [1.29, 1.82) is 0 Å². The molecule has 0 bridgehead atoms. The summed E-state index contributed by atoms with van der Waals surface area (Å²) in [6.07, 6.45) is 97.5. The molecule has 0 rings (SSSR count). The summed E-state index contributed by atoms with van der Waals surface area (Å²) < 4.78 is 34.7. The Bertz CT molecular complexity index is 1900. The Hall–Kier alpha value is -3.59. The summed E-state index contributed by atoms with van der Waals surface area (Å²) >= 11 is 0. The number of ether oxygens (including phenoxy) is 2. The van der Waals surface area contributed by atoms with E-state index in [9.17, 15) is 19.0 Å². The van der Waals surface area contributed by atoms with Crippen molar-refractivity contribution in [1.82, 2.24) is 0 Å². The number of hydrogen-bond acceptors (Lipinski definition) is 7. The number of carbonyl (C=O) groups is 2. The van der Waals surface area contributed by atoms with Crippen molar-refractivity contribution >= 4 is 19.8 Å². The minimum Gasteiger partial charge on any atom is -0.462 e. The van der Waals surface area contributed by atoms with Gasteiger partial charge in [-0.3, -0.25) is 18.6 Å². The van der Waals surface area contributed by atoms with Crippen molar-refractivity contribution in [2.45, 2.75) is 315 Å². The summed E-state index contributed by atoms with van der Waals surface area (Å²) in [7, 11) is 1.46. The van der Waals surface area contributed by atoms with Gasteiger partial charge in [-0.25, -0.2) is 4.57 Å². The average molecular weight is 1250 g/mol. The van der Waals surface area contributed by atoms with Gasteiger partial charge in [0, 0.05) is 12.8 Å². The first-order valence-corrected chi connectivity index (χ1v) is 37.8. The first kappa shape index (κ1) is 84.4. The highest BCUT2D eigenvalue weighted by molar-refractivity contribution is 7.47. The van der Waals surface area contributed by atoms with Crippen LogP contribution in [-0.2, 0) is 32.7 Å². The summed E-state index contributed by atoms with van der Waals surface area (Å²) in [5.74, 6) is -0.809. The second-order valence-electron chi connectivity index (χ2n) is 25.2. The number of rotatable bonds is 66. The Morgan fingerprint density at radius 3 is 0.909 bits per heavy atom. The van der Waals surface area contributed by atoms with Gasteiger partial charge in [-0.2, -0.15) is 0 Å². The molecule has 0 saturated heterocycles. The summed E-state index contributed by atoms with van der Waals surface area (Å²) in [5, 5.41) is 0. The maximum atomic E-state index is 12.9. The number of phosphoric ester groups is 1. The summed E-state index contributed by atoms with van der Waals surface area (Å²) in [4.78, 5) is 35.9. The largest absolute Gasteiger partial charge is 0.472 e. The van der Waals surface area contributed by atoms with E-state index in [1.165, 1.54) is 154 Å². The normalized spacial score (nSPS) is 13.8. The summed E-state index contributed by atoms with van der Waals surface area (Å²) in [6.45, 7) is 4.21. The van der Waals surface area contributed by atoms with Crippen molar-refractivity contribution in [2.24, 2.45) is 0 Å². The van der Waals surface area contributed by atoms with Gasteiger partial charge in [-0.1, -0.05) is 315 Å². The molecule has 0 heterocycles. The number of esters is 2. The molecule has 506 valence electrons. The molecule has 0 fully saturated rings. The van der Waals surface area contributed by atoms with Crippen LogP contribution in [-0.4, -0.2) is 74.9 Å². The fourth-order valence-corrected chi connectivity index (χ4v) is 10.8. The Kier molecular flexibility index (Phi) is 65.0. The highest BCUT2D eigenvalue weighted by Crippen LogP contribution is 2.43. The van der Waals surface area contributed by atoms with Gasteiger partial charge in [0.1, 0.15) is 19.8 Å². The molecule has 0 saturated carbocycles. The van der Waals surface area contributed by atoms with Crippen LogP contribution < -0.4 is 0 Å². The molecule has 0 aromatic heterocycles. The molecule has 0 aliphatic rings. The highest BCUT2D eigenvalue weighted by Gasteiger charge is 2.27. The fraction of sp³-hybridized carbons (Fsp3) is 0.718. The monoisotopic (exact) mass is 1250 g/mol. The minimum atomic E-state index is -4.40. The molecule has 2 unspecified atom stereocenters. The molecule has 0 aromatic rings. The highest BCUT2D eigenvalue weighted by atomic mass is 31.2. The van der Waals surface area contributed by atoms with E-state index in [0.29, 0.717) is 17.4 Å². The summed E-state index contributed by atoms with van der Waals surface area (Å²) in [6, 6.07) is 0. The van der Waals surface area contributed by atoms with Crippen molar-refractivity contribution < 1.29 is 42.1 Å². The van der Waals surface area contributed by atoms with Crippen molar-refractivity contribution in [3.05, 3.63) is 122 Å². The number of phosphoric acid groups is 1. The molecule has 2 atom stereocenters. The van der Waals surface area contributed by atoms with Crippen LogP contribution >= 0.6 is 7.82 Å². The zero-order chi connectivity index (χ0) is 64.1. The maximum Gasteiger partial charge on any atom is 0.472 e. The molecular weight excluding hydrogens is 1110 g/mol. The van der Waals surface area contributed by atoms with Crippen LogP contribution in [0.15, 0.2) is 122 Å². The van der Waals surface area contributed by atoms with E-state index in [2.05, 4.69) is 135 Å². The molecule has 0 aliphatic carbocycles. The van der Waals surface area contributed by atoms with Gasteiger partial charge in [-0.15, -0.1) is 0 Å². The lowest BCUT2D eigenvalue weighted by molar-refractivity contribution is -0.870. The van der Waals surface area contributed by atoms with E-state index in [1.807, 2.05) is 21.1 Å². The molecule has 10 heteroatoms. The third-order valence-corrected chi connectivity index (χ3v) is 16.5. The summed E-state index contributed by atoms with van der Waals surface area (Å²) in [5.41, 5.74) is 0. The lowest BCUT2D eigenvalue weighted by Gasteiger charge is -2.24. The van der Waals surface area contributed by atoms with Crippen LogP contribution in [0.3, 0.4) is 0 Å². The van der Waals surface area contributed by atoms with Crippen LogP contribution in [0.25, 0.3) is 0 Å². The standard InChI is InChI=1S/C78H136NO8P/c1-6-8-10-12-14-16-18-20-22-24-26-28-30-32-33-34-35-36-37-38-39-40-41-42-43-44-45-47-48-50-52-54-56-58-60-62-64-66-68-70-77(80)84-74-76(75-86-88(82,83)85-73-72-79(3,4)5)87-78(81)71-69-67-65-63-61-59-57-55-53-51-49-46-31-29-27-25-23-21-19-17-15-13-11-9-7-2/h8-11,14-17,20-23,26-29,46,49,53,55,76H,6-7,12-13,18-19,24-25,30-45,47-48,50-52,54,56-75H2,1-5H3/p+1/b10-8-,11-9-,16-14-,17-15-,22-20-,23-21-,28-26-,29-27-,49-46-,55-53-. The lowest BCUT2D eigenvalue weighted by Crippen LogP contribution is -2.37. The van der Waals surface area contributed by atoms with Gasteiger partial charge in [0.05, 0.1) is 27.7 Å². The van der Waals surface area contributed by atoms with E-state index in [0.717, 1.165) is 122 Å². The van der Waals surface area contributed by atoms with Gasteiger partial charge in [0.25, 0.3) is 0 Å². The molecule has 0 radical (unpaired) electrons. The SMILES string of the molecule is CC/C=C\C/C=C\C/C=C\C/C=C\C/C=C\C/C=C\CCCCCCCCC(=O)OC(COC(=O)CCCCCCCCCCCCCCCCCCCCCCCCCCCC/C=C\C/C=C\C/C=C\C/C=C\CC)COP(=O)(O)OCC[N+](C)(C)C. The molecule has 0 aromatic carbocycles. The number of allylic oxidation sites excluding steroid dienone is 20. The van der Waals surface area contributed by atoms with Crippen molar-refractivity contribution in [2.75, 3.05) is 47.5 Å². The maximum absolute atomic E-state index is 12.9. The molecule has 1 N–H and O–H groups in total. The number of quaternary nitrogens is 1. The smallest absolute Gasteiger partial charge is 0.462 e. The Balaban J connectivity index is 3.98. The van der Waals surface area contributed by atoms with Crippen LogP contribution in [0.5, 0.6) is 0 Å². The minimum absolute atomic E-state index is 0.0246. The topological polar surface area (TPSA) is 108 Å². The third-order valence-electron chi connectivity index (χ3n) is 15.5. The Labute approximate surface area is 543 Å². The fourth-order valence-electron chi connectivity index (χ4n) is 10.0. The number of hydrogen-bond donors (Lipinski definition) is 1. The van der Waals surface area contributed by atoms with Crippen LogP contribution in [0.4, 0.5) is 0 Å². The molecule has 88 heavy (non-hydrogen) atoms. The number of unbranched alkanes of at least 4 members (excludes halogenated alkanes) is 32. The first-order chi connectivity index (χ1) is 43.0.